The van der Waals surface area contributed by atoms with Gasteiger partial charge < -0.3 is 10.1 Å². The highest BCUT2D eigenvalue weighted by atomic mass is 35.5. The van der Waals surface area contributed by atoms with Gasteiger partial charge in [-0.05, 0) is 66.6 Å². The zero-order valence-corrected chi connectivity index (χ0v) is 18.1. The summed E-state index contributed by atoms with van der Waals surface area (Å²) in [5.41, 5.74) is 3.27. The van der Waals surface area contributed by atoms with Crippen molar-refractivity contribution in [3.8, 4) is 11.8 Å². The monoisotopic (exact) mass is 443 g/mol. The van der Waals surface area contributed by atoms with Gasteiger partial charge in [-0.2, -0.15) is 5.26 Å². The molecule has 3 aromatic rings. The highest BCUT2D eigenvalue weighted by molar-refractivity contribution is 6.46. The lowest BCUT2D eigenvalue weighted by Gasteiger charge is -2.16. The summed E-state index contributed by atoms with van der Waals surface area (Å²) >= 11 is 6.15. The third-order valence-electron chi connectivity index (χ3n) is 5.18. The van der Waals surface area contributed by atoms with Crippen LogP contribution in [0.15, 0.2) is 72.4 Å². The van der Waals surface area contributed by atoms with E-state index in [0.29, 0.717) is 33.3 Å². The molecular formula is C25H18ClN3O3. The minimum atomic E-state index is -0.495. The number of nitriles is 1. The summed E-state index contributed by atoms with van der Waals surface area (Å²) in [6.07, 6.45) is 0. The average molecular weight is 444 g/mol. The number of imide groups is 1. The first-order valence-electron chi connectivity index (χ1n) is 9.73. The molecule has 0 saturated carbocycles. The van der Waals surface area contributed by atoms with Crippen molar-refractivity contribution in [3.05, 3.63) is 94.1 Å². The van der Waals surface area contributed by atoms with Gasteiger partial charge >= 0.3 is 0 Å². The number of anilines is 2. The molecular weight excluding hydrogens is 426 g/mol. The molecule has 1 aliphatic rings. The van der Waals surface area contributed by atoms with Crippen molar-refractivity contribution >= 4 is 40.4 Å². The van der Waals surface area contributed by atoms with Crippen LogP contribution in [0.3, 0.4) is 0 Å². The second-order valence-corrected chi connectivity index (χ2v) is 7.60. The molecule has 0 fully saturated rings. The molecule has 0 saturated heterocycles. The Balaban J connectivity index is 1.83. The van der Waals surface area contributed by atoms with E-state index in [-0.39, 0.29) is 11.3 Å². The number of halogens is 1. The molecule has 0 bridgehead atoms. The Labute approximate surface area is 190 Å². The van der Waals surface area contributed by atoms with Gasteiger partial charge in [-0.1, -0.05) is 29.8 Å². The lowest BCUT2D eigenvalue weighted by Crippen LogP contribution is -2.32. The summed E-state index contributed by atoms with van der Waals surface area (Å²) in [4.78, 5) is 28.0. The average Bonchev–Trinajstić information content (AvgIpc) is 3.05. The molecule has 7 heteroatoms. The summed E-state index contributed by atoms with van der Waals surface area (Å²) in [6.45, 7) is 1.88. The molecule has 1 heterocycles. The number of nitrogens with one attached hydrogen (secondary N) is 1. The first-order valence-corrected chi connectivity index (χ1v) is 10.1. The number of carbonyl (C=O) groups excluding carboxylic acids is 2. The maximum absolute atomic E-state index is 13.5. The van der Waals surface area contributed by atoms with Gasteiger partial charge in [0.05, 0.1) is 30.0 Å². The molecule has 1 N–H and O–H groups in total. The topological polar surface area (TPSA) is 82.4 Å². The van der Waals surface area contributed by atoms with Crippen LogP contribution < -0.4 is 15.0 Å². The lowest BCUT2D eigenvalue weighted by atomic mass is 10.0. The largest absolute Gasteiger partial charge is 0.497 e. The van der Waals surface area contributed by atoms with Crippen molar-refractivity contribution in [2.75, 3.05) is 17.3 Å². The van der Waals surface area contributed by atoms with E-state index in [1.54, 1.807) is 67.8 Å². The van der Waals surface area contributed by atoms with E-state index in [1.165, 1.54) is 0 Å². The number of nitrogens with zero attached hydrogens (tertiary/aromatic N) is 2. The molecule has 0 spiro atoms. The van der Waals surface area contributed by atoms with Crippen LogP contribution in [0, 0.1) is 18.3 Å². The van der Waals surface area contributed by atoms with Gasteiger partial charge in [-0.15, -0.1) is 0 Å². The fraction of sp³-hybridized carbons (Fsp3) is 0.0800. The highest BCUT2D eigenvalue weighted by Gasteiger charge is 2.40. The molecule has 158 valence electrons. The zero-order valence-electron chi connectivity index (χ0n) is 17.3. The van der Waals surface area contributed by atoms with Crippen molar-refractivity contribution in [2.24, 2.45) is 0 Å². The number of methoxy groups -OCH3 is 1. The first-order chi connectivity index (χ1) is 15.4. The summed E-state index contributed by atoms with van der Waals surface area (Å²) < 4.78 is 5.21. The maximum Gasteiger partial charge on any atom is 0.282 e. The number of aryl methyl sites for hydroxylation is 1. The maximum atomic E-state index is 13.5. The summed E-state index contributed by atoms with van der Waals surface area (Å²) in [5, 5.41) is 12.7. The lowest BCUT2D eigenvalue weighted by molar-refractivity contribution is -0.120. The minimum Gasteiger partial charge on any atom is -0.497 e. The number of amides is 2. The molecule has 32 heavy (non-hydrogen) atoms. The third-order valence-corrected chi connectivity index (χ3v) is 5.41. The number of benzene rings is 3. The van der Waals surface area contributed by atoms with Gasteiger partial charge in [-0.25, -0.2) is 4.90 Å². The Morgan fingerprint density at radius 2 is 1.66 bits per heavy atom. The molecule has 6 nitrogen and oxygen atoms in total. The van der Waals surface area contributed by atoms with Gasteiger partial charge in [0.15, 0.2) is 0 Å². The van der Waals surface area contributed by atoms with E-state index in [1.807, 2.05) is 19.1 Å². The molecule has 4 rings (SSSR count). The standard InChI is InChI=1S/C25H18ClN3O3/c1-15-3-8-18(26)13-21(15)28-23-22(17-6-11-20(32-2)12-7-17)24(30)29(25(23)31)19-9-4-16(14-27)5-10-19/h3-13,28H,1-2H3. The smallest absolute Gasteiger partial charge is 0.282 e. The quantitative estimate of drug-likeness (QED) is 0.565. The minimum absolute atomic E-state index is 0.148. The number of carbonyl (C=O) groups is 2. The summed E-state index contributed by atoms with van der Waals surface area (Å²) in [5.74, 6) is -0.327. The van der Waals surface area contributed by atoms with Gasteiger partial charge in [0.25, 0.3) is 11.8 Å². The molecule has 0 aliphatic carbocycles. The van der Waals surface area contributed by atoms with Crippen LogP contribution in [0.5, 0.6) is 5.75 Å². The number of ether oxygens (including phenoxy) is 1. The van der Waals surface area contributed by atoms with Crippen molar-refractivity contribution in [3.63, 3.8) is 0 Å². The molecule has 0 radical (unpaired) electrons. The van der Waals surface area contributed by atoms with Crippen molar-refractivity contribution in [1.29, 1.82) is 5.26 Å². The number of hydrogen-bond acceptors (Lipinski definition) is 5. The van der Waals surface area contributed by atoms with Crippen LogP contribution in [0.25, 0.3) is 5.57 Å². The SMILES string of the molecule is COc1ccc(C2=C(Nc3cc(Cl)ccc3C)C(=O)N(c3ccc(C#N)cc3)C2=O)cc1. The summed E-state index contributed by atoms with van der Waals surface area (Å²) in [6, 6.07) is 20.5. The normalized spacial score (nSPS) is 13.4. The van der Waals surface area contributed by atoms with Crippen molar-refractivity contribution in [2.45, 2.75) is 6.92 Å². The fourth-order valence-corrected chi connectivity index (χ4v) is 3.63. The van der Waals surface area contributed by atoms with Crippen LogP contribution in [0.1, 0.15) is 16.7 Å². The van der Waals surface area contributed by atoms with E-state index in [9.17, 15) is 9.59 Å². The second-order valence-electron chi connectivity index (χ2n) is 7.17. The Morgan fingerprint density at radius 3 is 2.28 bits per heavy atom. The zero-order chi connectivity index (χ0) is 22.8. The van der Waals surface area contributed by atoms with E-state index in [0.717, 1.165) is 10.5 Å². The Hall–Kier alpha value is -4.08. The van der Waals surface area contributed by atoms with Gasteiger partial charge in [-0.3, -0.25) is 9.59 Å². The van der Waals surface area contributed by atoms with Crippen molar-refractivity contribution in [1.82, 2.24) is 0 Å². The van der Waals surface area contributed by atoms with Crippen molar-refractivity contribution < 1.29 is 14.3 Å². The Kier molecular flexibility index (Phi) is 5.67. The van der Waals surface area contributed by atoms with Crippen LogP contribution in [0.2, 0.25) is 5.02 Å². The third kappa shape index (κ3) is 3.82. The van der Waals surface area contributed by atoms with E-state index in [2.05, 4.69) is 5.32 Å². The number of hydrogen-bond donors (Lipinski definition) is 1. The Bertz CT molecular complexity index is 1290. The molecule has 0 unspecified atom stereocenters. The van der Waals surface area contributed by atoms with Crippen LogP contribution >= 0.6 is 11.6 Å². The Morgan fingerprint density at radius 1 is 0.969 bits per heavy atom. The van der Waals surface area contributed by atoms with Crippen LogP contribution in [-0.2, 0) is 9.59 Å². The first kappa shape index (κ1) is 21.2. The van der Waals surface area contributed by atoms with Gasteiger partial charge in [0.1, 0.15) is 11.4 Å². The molecule has 0 atom stereocenters. The van der Waals surface area contributed by atoms with E-state index < -0.39 is 11.8 Å². The molecule has 0 aromatic heterocycles. The van der Waals surface area contributed by atoms with Gasteiger partial charge in [0.2, 0.25) is 0 Å². The van der Waals surface area contributed by atoms with Crippen LogP contribution in [-0.4, -0.2) is 18.9 Å². The molecule has 1 aliphatic heterocycles. The predicted molar refractivity (Wildman–Crippen MR) is 123 cm³/mol. The fourth-order valence-electron chi connectivity index (χ4n) is 3.45. The van der Waals surface area contributed by atoms with Crippen LogP contribution in [0.4, 0.5) is 11.4 Å². The van der Waals surface area contributed by atoms with Gasteiger partial charge in [0, 0.05) is 10.7 Å². The highest BCUT2D eigenvalue weighted by Crippen LogP contribution is 2.35. The summed E-state index contributed by atoms with van der Waals surface area (Å²) in [7, 11) is 1.56. The number of rotatable bonds is 5. The second kappa shape index (κ2) is 8.58. The molecule has 3 aromatic carbocycles. The molecule has 2 amide bonds. The van der Waals surface area contributed by atoms with E-state index >= 15 is 0 Å². The van der Waals surface area contributed by atoms with E-state index in [4.69, 9.17) is 21.6 Å². The predicted octanol–water partition coefficient (Wildman–Crippen LogP) is 4.93.